The van der Waals surface area contributed by atoms with Crippen molar-refractivity contribution in [1.82, 2.24) is 25.2 Å². The van der Waals surface area contributed by atoms with E-state index < -0.39 is 11.7 Å². The van der Waals surface area contributed by atoms with Gasteiger partial charge in [-0.05, 0) is 42.0 Å². The van der Waals surface area contributed by atoms with Gasteiger partial charge in [0.25, 0.3) is 11.8 Å². The van der Waals surface area contributed by atoms with Crippen LogP contribution in [0, 0.1) is 5.82 Å². The average molecular weight is 610 g/mol. The van der Waals surface area contributed by atoms with Crippen LogP contribution in [-0.2, 0) is 11.3 Å². The Hall–Kier alpha value is -5.36. The van der Waals surface area contributed by atoms with E-state index in [1.165, 1.54) is 12.1 Å². The summed E-state index contributed by atoms with van der Waals surface area (Å²) in [6.07, 6.45) is 1.58. The monoisotopic (exact) mass is 609 g/mol. The summed E-state index contributed by atoms with van der Waals surface area (Å²) in [4.78, 5) is 43.1. The first-order valence-electron chi connectivity index (χ1n) is 14.5. The maximum Gasteiger partial charge on any atom is 0.271 e. The number of carbonyl (C=O) groups excluding carboxylic acids is 2. The molecule has 2 amide bonds. The molecular formula is C33H32FN7O4. The first kappa shape index (κ1) is 29.7. The van der Waals surface area contributed by atoms with E-state index in [0.29, 0.717) is 50.5 Å². The van der Waals surface area contributed by atoms with E-state index in [1.54, 1.807) is 19.4 Å². The van der Waals surface area contributed by atoms with Crippen LogP contribution in [0.25, 0.3) is 21.8 Å². The topological polar surface area (TPSA) is 136 Å². The van der Waals surface area contributed by atoms with Gasteiger partial charge < -0.3 is 30.3 Å². The zero-order valence-corrected chi connectivity index (χ0v) is 24.7. The van der Waals surface area contributed by atoms with Gasteiger partial charge in [-0.2, -0.15) is 0 Å². The van der Waals surface area contributed by atoms with Crippen LogP contribution in [0.1, 0.15) is 26.4 Å². The molecule has 45 heavy (non-hydrogen) atoms. The van der Waals surface area contributed by atoms with Crippen LogP contribution in [0.5, 0.6) is 5.75 Å². The Balaban J connectivity index is 1.10. The van der Waals surface area contributed by atoms with Crippen LogP contribution in [0.2, 0.25) is 0 Å². The minimum absolute atomic E-state index is 0.0119. The number of aromatic nitrogens is 3. The minimum atomic E-state index is -0.587. The molecule has 0 radical (unpaired) electrons. The van der Waals surface area contributed by atoms with Gasteiger partial charge in [-0.1, -0.05) is 30.3 Å². The number of nitrogens with two attached hydrogens (primary N) is 1. The molecule has 0 atom stereocenters. The molecule has 0 aliphatic carbocycles. The van der Waals surface area contributed by atoms with Gasteiger partial charge in [-0.25, -0.2) is 14.4 Å². The van der Waals surface area contributed by atoms with Crippen LogP contribution < -0.4 is 20.7 Å². The fraction of sp³-hybridized carbons (Fsp3) is 0.242. The number of hydrogen-bond donors (Lipinski definition) is 2. The number of hydrogen-bond acceptors (Lipinski definition) is 9. The molecule has 1 fully saturated rings. The van der Waals surface area contributed by atoms with Gasteiger partial charge in [0.05, 0.1) is 17.7 Å². The minimum Gasteiger partial charge on any atom is -0.491 e. The van der Waals surface area contributed by atoms with Gasteiger partial charge in [0.1, 0.15) is 29.4 Å². The van der Waals surface area contributed by atoms with Crippen LogP contribution in [0.15, 0.2) is 72.9 Å². The smallest absolute Gasteiger partial charge is 0.271 e. The number of pyridine rings is 1. The molecule has 3 N–H and O–H groups in total. The standard InChI is InChI=1S/C33H32FN7O4/c1-44-16-17-45-25-10-8-24(9-11-25)40-12-14-41(15-13-40)32(43)23-18-21-4-2-5-22(28(21)36-20-23)19-37-31(42)30-26-6-3-7-27(34)29(26)38-33(35)39-30/h2-11,18,20H,12-17,19H2,1H3,(H,37,42)(H2,35,38,39). The second-order valence-electron chi connectivity index (χ2n) is 10.6. The van der Waals surface area contributed by atoms with Crippen molar-refractivity contribution >= 4 is 45.3 Å². The van der Waals surface area contributed by atoms with Crippen molar-refractivity contribution < 1.29 is 23.5 Å². The molecule has 0 spiro atoms. The van der Waals surface area contributed by atoms with Crippen molar-refractivity contribution in [2.45, 2.75) is 6.54 Å². The summed E-state index contributed by atoms with van der Waals surface area (Å²) in [7, 11) is 1.64. The number of nitrogen functional groups attached to an aromatic ring is 1. The molecule has 3 heterocycles. The average Bonchev–Trinajstić information content (AvgIpc) is 3.07. The Morgan fingerprint density at radius 2 is 1.73 bits per heavy atom. The summed E-state index contributed by atoms with van der Waals surface area (Å²) in [6, 6.07) is 19.6. The molecule has 1 aliphatic rings. The quantitative estimate of drug-likeness (QED) is 0.239. The number of nitrogens with zero attached hydrogens (tertiary/aromatic N) is 5. The predicted molar refractivity (Wildman–Crippen MR) is 169 cm³/mol. The van der Waals surface area contributed by atoms with Crippen molar-refractivity contribution in [3.63, 3.8) is 0 Å². The Morgan fingerprint density at radius 3 is 2.51 bits per heavy atom. The molecule has 0 saturated carbocycles. The number of ether oxygens (including phenoxy) is 2. The van der Waals surface area contributed by atoms with Gasteiger partial charge >= 0.3 is 0 Å². The highest BCUT2D eigenvalue weighted by Crippen LogP contribution is 2.24. The zero-order valence-electron chi connectivity index (χ0n) is 24.7. The first-order chi connectivity index (χ1) is 21.9. The Labute approximate surface area is 258 Å². The lowest BCUT2D eigenvalue weighted by Crippen LogP contribution is -2.48. The molecule has 12 heteroatoms. The van der Waals surface area contributed by atoms with E-state index in [-0.39, 0.29) is 35.0 Å². The summed E-state index contributed by atoms with van der Waals surface area (Å²) < 4.78 is 24.9. The molecular weight excluding hydrogens is 577 g/mol. The number of carbonyl (C=O) groups is 2. The molecule has 0 unspecified atom stereocenters. The molecule has 3 aromatic carbocycles. The largest absolute Gasteiger partial charge is 0.491 e. The number of benzene rings is 3. The number of para-hydroxylation sites is 2. The first-order valence-corrected chi connectivity index (χ1v) is 14.5. The van der Waals surface area contributed by atoms with Gasteiger partial charge in [-0.3, -0.25) is 14.6 Å². The molecule has 1 saturated heterocycles. The summed E-state index contributed by atoms with van der Waals surface area (Å²) in [5, 5.41) is 3.87. The van der Waals surface area contributed by atoms with E-state index in [1.807, 2.05) is 53.4 Å². The van der Waals surface area contributed by atoms with Crippen LogP contribution in [0.3, 0.4) is 0 Å². The van der Waals surface area contributed by atoms with Gasteiger partial charge in [0.2, 0.25) is 5.95 Å². The summed E-state index contributed by atoms with van der Waals surface area (Å²) in [5.41, 5.74) is 8.70. The maximum atomic E-state index is 14.3. The number of amides is 2. The third kappa shape index (κ3) is 6.46. The normalized spacial score (nSPS) is 13.3. The van der Waals surface area contributed by atoms with E-state index in [4.69, 9.17) is 15.2 Å². The van der Waals surface area contributed by atoms with E-state index in [9.17, 15) is 14.0 Å². The number of rotatable bonds is 9. The van der Waals surface area contributed by atoms with Crippen LogP contribution in [-0.4, -0.2) is 78.2 Å². The number of nitrogens with one attached hydrogen (secondary N) is 1. The van der Waals surface area contributed by atoms with E-state index in [2.05, 4.69) is 25.2 Å². The highest BCUT2D eigenvalue weighted by atomic mass is 19.1. The number of halogens is 1. The second kappa shape index (κ2) is 13.1. The number of fused-ring (bicyclic) bond motifs is 2. The lowest BCUT2D eigenvalue weighted by Gasteiger charge is -2.36. The fourth-order valence-corrected chi connectivity index (χ4v) is 5.40. The molecule has 230 valence electrons. The Morgan fingerprint density at radius 1 is 0.956 bits per heavy atom. The third-order valence-electron chi connectivity index (χ3n) is 7.72. The lowest BCUT2D eigenvalue weighted by atomic mass is 10.1. The van der Waals surface area contributed by atoms with Crippen molar-refractivity contribution in [1.29, 1.82) is 0 Å². The zero-order chi connectivity index (χ0) is 31.3. The molecule has 6 rings (SSSR count). The van der Waals surface area contributed by atoms with E-state index >= 15 is 0 Å². The molecule has 0 bridgehead atoms. The highest BCUT2D eigenvalue weighted by Gasteiger charge is 2.23. The van der Waals surface area contributed by atoms with Crippen molar-refractivity contribution in [2.75, 3.05) is 57.1 Å². The maximum absolute atomic E-state index is 14.3. The highest BCUT2D eigenvalue weighted by molar-refractivity contribution is 6.05. The van der Waals surface area contributed by atoms with Crippen LogP contribution >= 0.6 is 0 Å². The Kier molecular flexibility index (Phi) is 8.65. The molecule has 1 aliphatic heterocycles. The van der Waals surface area contributed by atoms with Crippen molar-refractivity contribution in [3.8, 4) is 5.75 Å². The molecule has 5 aromatic rings. The number of anilines is 2. The van der Waals surface area contributed by atoms with E-state index in [0.717, 1.165) is 22.4 Å². The lowest BCUT2D eigenvalue weighted by molar-refractivity contribution is 0.0746. The third-order valence-corrected chi connectivity index (χ3v) is 7.72. The van der Waals surface area contributed by atoms with Gasteiger partial charge in [-0.15, -0.1) is 0 Å². The molecule has 2 aromatic heterocycles. The van der Waals surface area contributed by atoms with Crippen molar-refractivity contribution in [3.05, 3.63) is 95.6 Å². The number of piperazine rings is 1. The van der Waals surface area contributed by atoms with Crippen LogP contribution in [0.4, 0.5) is 16.0 Å². The number of methoxy groups -OCH3 is 1. The van der Waals surface area contributed by atoms with Gasteiger partial charge in [0.15, 0.2) is 0 Å². The predicted octanol–water partition coefficient (Wildman–Crippen LogP) is 3.82. The Bertz CT molecular complexity index is 1860. The SMILES string of the molecule is COCCOc1ccc(N2CCN(C(=O)c3cnc4c(CNC(=O)c5nc(N)nc6c(F)cccc56)cccc4c3)CC2)cc1. The summed E-state index contributed by atoms with van der Waals surface area (Å²) in [6.45, 7) is 3.76. The van der Waals surface area contributed by atoms with Gasteiger partial charge in [0, 0.05) is 62.5 Å². The summed E-state index contributed by atoms with van der Waals surface area (Å²) >= 11 is 0. The molecule has 11 nitrogen and oxygen atoms in total. The summed E-state index contributed by atoms with van der Waals surface area (Å²) in [5.74, 6) is -0.586. The second-order valence-corrected chi connectivity index (χ2v) is 10.6. The fourth-order valence-electron chi connectivity index (χ4n) is 5.40. The van der Waals surface area contributed by atoms with Crippen molar-refractivity contribution in [2.24, 2.45) is 0 Å².